The number of anilines is 2. The smallest absolute Gasteiger partial charge is 0.282 e. The van der Waals surface area contributed by atoms with E-state index in [1.165, 1.54) is 10.5 Å². The maximum atomic E-state index is 13.8. The molecule has 0 radical (unpaired) electrons. The van der Waals surface area contributed by atoms with Crippen LogP contribution in [0.15, 0.2) is 72.4 Å². The van der Waals surface area contributed by atoms with Crippen molar-refractivity contribution < 1.29 is 14.3 Å². The molecule has 0 aromatic heterocycles. The highest BCUT2D eigenvalue weighted by atomic mass is 16.5. The summed E-state index contributed by atoms with van der Waals surface area (Å²) in [6.07, 6.45) is 1.75. The standard InChI is InChI=1S/C29H30N2O3/c1-5-17-34-25-10-8-7-9-24(25)31-28(32)26(23-16-11-19(3)18-20(23)4)27(29(31)33)30-22-14-12-21(6-2)13-15-22/h7-16,18,30H,5-6,17H2,1-4H3. The monoisotopic (exact) mass is 454 g/mol. The van der Waals surface area contributed by atoms with Crippen LogP contribution in [0.4, 0.5) is 11.4 Å². The second-order valence-corrected chi connectivity index (χ2v) is 8.51. The molecule has 1 N–H and O–H groups in total. The zero-order valence-corrected chi connectivity index (χ0v) is 20.1. The van der Waals surface area contributed by atoms with E-state index in [4.69, 9.17) is 4.74 Å². The highest BCUT2D eigenvalue weighted by Crippen LogP contribution is 2.38. The molecule has 3 aromatic rings. The number of nitrogens with one attached hydrogen (secondary N) is 1. The quantitative estimate of drug-likeness (QED) is 0.421. The number of carbonyl (C=O) groups excluding carboxylic acids is 2. The van der Waals surface area contributed by atoms with Gasteiger partial charge in [-0.3, -0.25) is 9.59 Å². The normalized spacial score (nSPS) is 13.6. The van der Waals surface area contributed by atoms with Crippen molar-refractivity contribution >= 4 is 28.8 Å². The van der Waals surface area contributed by atoms with Gasteiger partial charge in [0.1, 0.15) is 11.4 Å². The Morgan fingerprint density at radius 1 is 0.882 bits per heavy atom. The lowest BCUT2D eigenvalue weighted by Gasteiger charge is -2.19. The minimum Gasteiger partial charge on any atom is -0.491 e. The van der Waals surface area contributed by atoms with Gasteiger partial charge in [0.15, 0.2) is 0 Å². The Labute approximate surface area is 201 Å². The lowest BCUT2D eigenvalue weighted by molar-refractivity contribution is -0.120. The van der Waals surface area contributed by atoms with Crippen molar-refractivity contribution in [2.24, 2.45) is 0 Å². The summed E-state index contributed by atoms with van der Waals surface area (Å²) in [6, 6.07) is 21.0. The van der Waals surface area contributed by atoms with Gasteiger partial charge in [-0.15, -0.1) is 0 Å². The van der Waals surface area contributed by atoms with Crippen LogP contribution in [0.1, 0.15) is 42.5 Å². The fraction of sp³-hybridized carbons (Fsp3) is 0.241. The molecule has 0 fully saturated rings. The molecule has 2 amide bonds. The van der Waals surface area contributed by atoms with E-state index in [0.29, 0.717) is 23.6 Å². The van der Waals surface area contributed by atoms with Gasteiger partial charge in [0, 0.05) is 5.69 Å². The fourth-order valence-corrected chi connectivity index (χ4v) is 4.15. The van der Waals surface area contributed by atoms with Crippen LogP contribution >= 0.6 is 0 Å². The van der Waals surface area contributed by atoms with E-state index >= 15 is 0 Å². The van der Waals surface area contributed by atoms with Gasteiger partial charge in [-0.1, -0.05) is 61.9 Å². The molecule has 174 valence electrons. The number of rotatable bonds is 8. The first-order valence-electron chi connectivity index (χ1n) is 11.7. The van der Waals surface area contributed by atoms with Crippen LogP contribution in [0.5, 0.6) is 5.75 Å². The first-order chi connectivity index (χ1) is 16.4. The van der Waals surface area contributed by atoms with Gasteiger partial charge in [-0.05, 0) is 67.6 Å². The van der Waals surface area contributed by atoms with E-state index in [-0.39, 0.29) is 11.6 Å². The van der Waals surface area contributed by atoms with E-state index in [0.717, 1.165) is 35.2 Å². The maximum Gasteiger partial charge on any atom is 0.282 e. The summed E-state index contributed by atoms with van der Waals surface area (Å²) in [7, 11) is 0. The summed E-state index contributed by atoms with van der Waals surface area (Å²) in [5, 5.41) is 3.25. The summed E-state index contributed by atoms with van der Waals surface area (Å²) >= 11 is 0. The molecule has 0 saturated heterocycles. The Bertz CT molecular complexity index is 1260. The Hall–Kier alpha value is -3.86. The molecule has 0 unspecified atom stereocenters. The van der Waals surface area contributed by atoms with Gasteiger partial charge in [-0.2, -0.15) is 0 Å². The zero-order chi connectivity index (χ0) is 24.2. The van der Waals surface area contributed by atoms with Gasteiger partial charge in [0.2, 0.25) is 0 Å². The highest BCUT2D eigenvalue weighted by molar-refractivity contribution is 6.46. The summed E-state index contributed by atoms with van der Waals surface area (Å²) in [5.74, 6) is -0.246. The summed E-state index contributed by atoms with van der Waals surface area (Å²) in [5.41, 5.74) is 5.82. The Kier molecular flexibility index (Phi) is 6.82. The van der Waals surface area contributed by atoms with Gasteiger partial charge >= 0.3 is 0 Å². The lowest BCUT2D eigenvalue weighted by atomic mass is 9.97. The molecule has 4 rings (SSSR count). The van der Waals surface area contributed by atoms with E-state index < -0.39 is 5.91 Å². The van der Waals surface area contributed by atoms with Crippen molar-refractivity contribution in [3.63, 3.8) is 0 Å². The Morgan fingerprint density at radius 2 is 1.62 bits per heavy atom. The second-order valence-electron chi connectivity index (χ2n) is 8.51. The van der Waals surface area contributed by atoms with E-state index in [9.17, 15) is 9.59 Å². The molecule has 1 aliphatic rings. The number of aryl methyl sites for hydroxylation is 3. The van der Waals surface area contributed by atoms with Crippen LogP contribution in [0.2, 0.25) is 0 Å². The maximum absolute atomic E-state index is 13.8. The first-order valence-corrected chi connectivity index (χ1v) is 11.7. The van der Waals surface area contributed by atoms with Crippen molar-refractivity contribution in [3.8, 4) is 5.75 Å². The van der Waals surface area contributed by atoms with E-state index in [1.54, 1.807) is 18.2 Å². The molecule has 0 saturated carbocycles. The van der Waals surface area contributed by atoms with Crippen LogP contribution in [0.3, 0.4) is 0 Å². The third-order valence-corrected chi connectivity index (χ3v) is 5.93. The third-order valence-electron chi connectivity index (χ3n) is 5.93. The number of nitrogens with zero attached hydrogens (tertiary/aromatic N) is 1. The number of hydrogen-bond donors (Lipinski definition) is 1. The number of carbonyl (C=O) groups is 2. The predicted octanol–water partition coefficient (Wildman–Crippen LogP) is 6.05. The Morgan fingerprint density at radius 3 is 2.29 bits per heavy atom. The van der Waals surface area contributed by atoms with E-state index in [1.807, 2.05) is 69.3 Å². The zero-order valence-electron chi connectivity index (χ0n) is 20.1. The van der Waals surface area contributed by atoms with Gasteiger partial charge in [-0.25, -0.2) is 4.90 Å². The molecular weight excluding hydrogens is 424 g/mol. The summed E-state index contributed by atoms with van der Waals surface area (Å²) in [4.78, 5) is 28.8. The number of hydrogen-bond acceptors (Lipinski definition) is 4. The average Bonchev–Trinajstić information content (AvgIpc) is 3.07. The predicted molar refractivity (Wildman–Crippen MR) is 137 cm³/mol. The molecular formula is C29H30N2O3. The lowest BCUT2D eigenvalue weighted by Crippen LogP contribution is -2.32. The minimum atomic E-state index is -0.396. The molecule has 5 heteroatoms. The van der Waals surface area contributed by atoms with Crippen LogP contribution in [0, 0.1) is 13.8 Å². The third kappa shape index (κ3) is 4.46. The van der Waals surface area contributed by atoms with Gasteiger partial charge in [0.05, 0.1) is 17.9 Å². The molecule has 0 bridgehead atoms. The minimum absolute atomic E-state index is 0.270. The SMILES string of the molecule is CCCOc1ccccc1N1C(=O)C(Nc2ccc(CC)cc2)=C(c2ccc(C)cc2C)C1=O. The number of amides is 2. The molecule has 0 atom stereocenters. The molecule has 1 heterocycles. The van der Waals surface area contributed by atoms with Crippen molar-refractivity contribution in [2.45, 2.75) is 40.5 Å². The van der Waals surface area contributed by atoms with Crippen molar-refractivity contribution in [3.05, 3.63) is 94.7 Å². The topological polar surface area (TPSA) is 58.6 Å². The molecule has 34 heavy (non-hydrogen) atoms. The van der Waals surface area contributed by atoms with Crippen LogP contribution in [-0.2, 0) is 16.0 Å². The van der Waals surface area contributed by atoms with E-state index in [2.05, 4.69) is 12.2 Å². The first kappa shape index (κ1) is 23.3. The average molecular weight is 455 g/mol. The van der Waals surface area contributed by atoms with Crippen molar-refractivity contribution in [1.82, 2.24) is 0 Å². The molecule has 5 nitrogen and oxygen atoms in total. The molecule has 0 spiro atoms. The van der Waals surface area contributed by atoms with Crippen molar-refractivity contribution in [1.29, 1.82) is 0 Å². The number of imide groups is 1. The molecule has 3 aromatic carbocycles. The second kappa shape index (κ2) is 9.96. The molecule has 0 aliphatic carbocycles. The Balaban J connectivity index is 1.82. The number of para-hydroxylation sites is 2. The number of benzene rings is 3. The van der Waals surface area contributed by atoms with Crippen LogP contribution < -0.4 is 15.0 Å². The van der Waals surface area contributed by atoms with Crippen LogP contribution in [0.25, 0.3) is 5.57 Å². The van der Waals surface area contributed by atoms with Crippen LogP contribution in [-0.4, -0.2) is 18.4 Å². The van der Waals surface area contributed by atoms with Crippen molar-refractivity contribution in [2.75, 3.05) is 16.8 Å². The molecule has 1 aliphatic heterocycles. The van der Waals surface area contributed by atoms with Gasteiger partial charge in [0.25, 0.3) is 11.8 Å². The van der Waals surface area contributed by atoms with Gasteiger partial charge < -0.3 is 10.1 Å². The fourth-order valence-electron chi connectivity index (χ4n) is 4.15. The number of ether oxygens (including phenoxy) is 1. The highest BCUT2D eigenvalue weighted by Gasteiger charge is 2.41. The summed E-state index contributed by atoms with van der Waals surface area (Å²) in [6.45, 7) is 8.58. The summed E-state index contributed by atoms with van der Waals surface area (Å²) < 4.78 is 5.87. The largest absolute Gasteiger partial charge is 0.491 e.